The monoisotopic (exact) mass is 548 g/mol. The topological polar surface area (TPSA) is 202 Å². The van der Waals surface area contributed by atoms with Crippen molar-refractivity contribution < 1.29 is 64.5 Å². The first kappa shape index (κ1) is 29.4. The number of esters is 1. The summed E-state index contributed by atoms with van der Waals surface area (Å²) in [7, 11) is 1.06. The van der Waals surface area contributed by atoms with Crippen molar-refractivity contribution in [2.75, 3.05) is 13.7 Å². The molecule has 2 aromatic rings. The van der Waals surface area contributed by atoms with Crippen molar-refractivity contribution in [1.82, 2.24) is 0 Å². The highest BCUT2D eigenvalue weighted by atomic mass is 17.2. The Morgan fingerprint density at radius 2 is 1.54 bits per heavy atom. The summed E-state index contributed by atoms with van der Waals surface area (Å²) in [6, 6.07) is 8.02. The van der Waals surface area contributed by atoms with Crippen molar-refractivity contribution in [2.24, 2.45) is 0 Å². The van der Waals surface area contributed by atoms with Gasteiger partial charge in [-0.05, 0) is 41.5 Å². The number of benzene rings is 2. The third-order valence-corrected chi connectivity index (χ3v) is 5.72. The van der Waals surface area contributed by atoms with E-state index < -0.39 is 54.4 Å². The fourth-order valence-corrected chi connectivity index (χ4v) is 3.74. The van der Waals surface area contributed by atoms with Crippen molar-refractivity contribution in [3.05, 3.63) is 59.7 Å². The highest BCUT2D eigenvalue weighted by Crippen LogP contribution is 2.34. The van der Waals surface area contributed by atoms with Crippen LogP contribution in [-0.4, -0.2) is 80.2 Å². The van der Waals surface area contributed by atoms with Crippen molar-refractivity contribution in [3.8, 4) is 23.0 Å². The van der Waals surface area contributed by atoms with Crippen LogP contribution in [0.25, 0.3) is 12.2 Å². The standard InChI is InChI=1S/C26H28O13/c1-35-25(33)26(34)13-21(31)24(39-36-10-2-3-15-4-7-17(27)19(29)11-15)22(14-26)37-38-23(32)9-6-16-5-8-18(28)20(30)12-16/h2-9,11-12,21-22,24,27-31,34H,10,13-14H2,1H3/b3-2+,9-6+/t21-,22-,24-,26+/m1/s1. The maximum atomic E-state index is 12.2. The molecule has 0 unspecified atom stereocenters. The number of phenols is 4. The minimum absolute atomic E-state index is 0.138. The Bertz CT molecular complexity index is 1220. The molecule has 0 heterocycles. The summed E-state index contributed by atoms with van der Waals surface area (Å²) < 4.78 is 4.60. The number of hydrogen-bond donors (Lipinski definition) is 6. The fraction of sp³-hybridized carbons (Fsp3) is 0.308. The first-order chi connectivity index (χ1) is 18.5. The Kier molecular flexibility index (Phi) is 9.87. The van der Waals surface area contributed by atoms with Crippen LogP contribution in [0.3, 0.4) is 0 Å². The third kappa shape index (κ3) is 7.92. The van der Waals surface area contributed by atoms with Gasteiger partial charge in [0, 0.05) is 18.9 Å². The number of aliphatic hydroxyl groups is 2. The molecular weight excluding hydrogens is 520 g/mol. The lowest BCUT2D eigenvalue weighted by Gasteiger charge is -2.40. The van der Waals surface area contributed by atoms with Gasteiger partial charge in [0.05, 0.1) is 13.2 Å². The lowest BCUT2D eigenvalue weighted by molar-refractivity contribution is -0.396. The number of carbonyl (C=O) groups excluding carboxylic acids is 2. The molecule has 6 N–H and O–H groups in total. The van der Waals surface area contributed by atoms with Gasteiger partial charge in [-0.25, -0.2) is 19.4 Å². The largest absolute Gasteiger partial charge is 0.504 e. The Morgan fingerprint density at radius 3 is 2.13 bits per heavy atom. The summed E-state index contributed by atoms with van der Waals surface area (Å²) >= 11 is 0. The molecule has 1 saturated carbocycles. The highest BCUT2D eigenvalue weighted by molar-refractivity contribution is 5.86. The number of rotatable bonds is 10. The van der Waals surface area contributed by atoms with Crippen LogP contribution in [0, 0.1) is 0 Å². The molecule has 1 aliphatic carbocycles. The summed E-state index contributed by atoms with van der Waals surface area (Å²) in [6.07, 6.45) is 0.167. The van der Waals surface area contributed by atoms with E-state index in [-0.39, 0.29) is 23.9 Å². The molecule has 0 bridgehead atoms. The van der Waals surface area contributed by atoms with Crippen LogP contribution in [-0.2, 0) is 33.9 Å². The van der Waals surface area contributed by atoms with Crippen molar-refractivity contribution in [3.63, 3.8) is 0 Å². The summed E-state index contributed by atoms with van der Waals surface area (Å²) in [5.74, 6) is -3.35. The SMILES string of the molecule is COC(=O)[C@]1(O)C[C@@H](O)[C@@H](OOC/C=C/c2ccc(O)c(O)c2)[C@H](OOC(=O)/C=C/c2ccc(O)c(O)c2)C1. The number of methoxy groups -OCH3 is 1. The first-order valence-corrected chi connectivity index (χ1v) is 11.6. The van der Waals surface area contributed by atoms with Crippen molar-refractivity contribution >= 4 is 24.1 Å². The zero-order valence-corrected chi connectivity index (χ0v) is 20.7. The second-order valence-corrected chi connectivity index (χ2v) is 8.61. The lowest BCUT2D eigenvalue weighted by atomic mass is 9.79. The van der Waals surface area contributed by atoms with Gasteiger partial charge in [-0.15, -0.1) is 0 Å². The molecular formula is C26H28O13. The normalized spacial score (nSPS) is 23.2. The van der Waals surface area contributed by atoms with E-state index >= 15 is 0 Å². The van der Waals surface area contributed by atoms with Crippen molar-refractivity contribution in [2.45, 2.75) is 36.8 Å². The first-order valence-electron chi connectivity index (χ1n) is 11.6. The summed E-state index contributed by atoms with van der Waals surface area (Å²) in [4.78, 5) is 44.5. The van der Waals surface area contributed by atoms with E-state index in [9.17, 15) is 40.2 Å². The molecule has 0 spiro atoms. The van der Waals surface area contributed by atoms with Gasteiger partial charge in [-0.2, -0.15) is 4.89 Å². The van der Waals surface area contributed by atoms with Gasteiger partial charge >= 0.3 is 11.9 Å². The van der Waals surface area contributed by atoms with Gasteiger partial charge in [0.1, 0.15) is 18.8 Å². The summed E-state index contributed by atoms with van der Waals surface area (Å²) in [5, 5.41) is 59.0. The van der Waals surface area contributed by atoms with E-state index in [4.69, 9.17) is 19.6 Å². The number of ether oxygens (including phenoxy) is 1. The van der Waals surface area contributed by atoms with Crippen LogP contribution in [0.4, 0.5) is 0 Å². The van der Waals surface area contributed by atoms with E-state index in [0.717, 1.165) is 13.2 Å². The smallest absolute Gasteiger partial charge is 0.365 e. The Labute approximate surface area is 222 Å². The minimum atomic E-state index is -2.16. The molecule has 13 nitrogen and oxygen atoms in total. The van der Waals surface area contributed by atoms with Crippen LogP contribution >= 0.6 is 0 Å². The maximum absolute atomic E-state index is 12.2. The van der Waals surface area contributed by atoms with Crippen LogP contribution in [0.1, 0.15) is 24.0 Å². The maximum Gasteiger partial charge on any atom is 0.365 e. The molecule has 0 radical (unpaired) electrons. The molecule has 0 aromatic heterocycles. The molecule has 0 amide bonds. The molecule has 3 rings (SSSR count). The van der Waals surface area contributed by atoms with Crippen LogP contribution in [0.15, 0.2) is 48.6 Å². The van der Waals surface area contributed by atoms with Gasteiger partial charge in [-0.3, -0.25) is 4.89 Å². The quantitative estimate of drug-likeness (QED) is 0.0623. The Morgan fingerprint density at radius 1 is 0.923 bits per heavy atom. The number of aliphatic hydroxyl groups excluding tert-OH is 1. The van der Waals surface area contributed by atoms with Gasteiger partial charge in [0.2, 0.25) is 0 Å². The number of aromatic hydroxyl groups is 4. The lowest BCUT2D eigenvalue weighted by Crippen LogP contribution is -2.58. The average molecular weight is 548 g/mol. The molecule has 39 heavy (non-hydrogen) atoms. The molecule has 0 saturated heterocycles. The third-order valence-electron chi connectivity index (χ3n) is 5.72. The second-order valence-electron chi connectivity index (χ2n) is 8.61. The molecule has 13 heteroatoms. The van der Waals surface area contributed by atoms with E-state index in [1.807, 2.05) is 0 Å². The number of hydrogen-bond acceptors (Lipinski definition) is 13. The predicted octanol–water partition coefficient (Wildman–Crippen LogP) is 1.45. The molecule has 1 aliphatic rings. The van der Waals surface area contributed by atoms with E-state index in [0.29, 0.717) is 11.1 Å². The van der Waals surface area contributed by atoms with Gasteiger partial charge in [-0.1, -0.05) is 24.3 Å². The zero-order chi connectivity index (χ0) is 28.6. The predicted molar refractivity (Wildman–Crippen MR) is 132 cm³/mol. The van der Waals surface area contributed by atoms with Gasteiger partial charge in [0.25, 0.3) is 0 Å². The highest BCUT2D eigenvalue weighted by Gasteiger charge is 2.52. The van der Waals surface area contributed by atoms with Crippen molar-refractivity contribution in [1.29, 1.82) is 0 Å². The summed E-state index contributed by atoms with van der Waals surface area (Å²) in [6.45, 7) is -0.138. The van der Waals surface area contributed by atoms with E-state index in [2.05, 4.69) is 4.74 Å². The number of carbonyl (C=O) groups is 2. The van der Waals surface area contributed by atoms with Crippen LogP contribution in [0.2, 0.25) is 0 Å². The summed E-state index contributed by atoms with van der Waals surface area (Å²) in [5.41, 5.74) is -1.25. The Balaban J connectivity index is 1.62. The average Bonchev–Trinajstić information content (AvgIpc) is 2.90. The van der Waals surface area contributed by atoms with E-state index in [1.54, 1.807) is 12.1 Å². The fourth-order valence-electron chi connectivity index (χ4n) is 3.74. The molecule has 1 fully saturated rings. The molecule has 0 aliphatic heterocycles. The van der Waals surface area contributed by atoms with Gasteiger partial charge < -0.3 is 35.4 Å². The Hall–Kier alpha value is -4.14. The van der Waals surface area contributed by atoms with E-state index in [1.165, 1.54) is 42.5 Å². The molecule has 210 valence electrons. The number of phenolic OH excluding ortho intramolecular Hbond substituents is 4. The minimum Gasteiger partial charge on any atom is -0.504 e. The second kappa shape index (κ2) is 13.1. The van der Waals surface area contributed by atoms with Crippen LogP contribution in [0.5, 0.6) is 23.0 Å². The molecule has 2 aromatic carbocycles. The zero-order valence-electron chi connectivity index (χ0n) is 20.7. The molecule has 4 atom stereocenters. The van der Waals surface area contributed by atoms with Crippen LogP contribution < -0.4 is 0 Å². The van der Waals surface area contributed by atoms with Gasteiger partial charge in [0.15, 0.2) is 28.6 Å².